The fourth-order valence-corrected chi connectivity index (χ4v) is 5.26. The van der Waals surface area contributed by atoms with E-state index in [0.717, 1.165) is 17.2 Å². The smallest absolute Gasteiger partial charge is 0.408 e. The second-order valence-electron chi connectivity index (χ2n) is 12.5. The number of ether oxygens (including phenoxy) is 1. The van der Waals surface area contributed by atoms with Crippen LogP contribution in [0.1, 0.15) is 71.6 Å². The van der Waals surface area contributed by atoms with E-state index < -0.39 is 23.8 Å². The minimum Gasteiger partial charge on any atom is -0.444 e. The summed E-state index contributed by atoms with van der Waals surface area (Å²) in [6.45, 7) is 11.3. The lowest BCUT2D eigenvalue weighted by Gasteiger charge is -2.36. The molecule has 3 aromatic carbocycles. The highest BCUT2D eigenvalue weighted by atomic mass is 16.6. The SMILES string of the molecule is C#Cc1ccccc1C(C(=O)Nc1ccc2ccccc2c1)N(C(=O)C(CC(C)C)NC(=O)OC(C)(C)C)C1CC1C. The van der Waals surface area contributed by atoms with Crippen molar-refractivity contribution in [3.8, 4) is 12.3 Å². The predicted molar refractivity (Wildman–Crippen MR) is 167 cm³/mol. The largest absolute Gasteiger partial charge is 0.444 e. The van der Waals surface area contributed by atoms with Crippen LogP contribution in [0.4, 0.5) is 10.5 Å². The van der Waals surface area contributed by atoms with Crippen LogP contribution >= 0.6 is 0 Å². The number of benzene rings is 3. The van der Waals surface area contributed by atoms with Gasteiger partial charge < -0.3 is 20.3 Å². The van der Waals surface area contributed by atoms with Gasteiger partial charge in [0, 0.05) is 17.3 Å². The van der Waals surface area contributed by atoms with Gasteiger partial charge in [-0.05, 0) is 80.0 Å². The van der Waals surface area contributed by atoms with Gasteiger partial charge in [0.2, 0.25) is 5.91 Å². The Balaban J connectivity index is 1.76. The van der Waals surface area contributed by atoms with Gasteiger partial charge in [0.15, 0.2) is 0 Å². The molecular weight excluding hydrogens is 526 g/mol. The number of nitrogens with zero attached hydrogens (tertiary/aromatic N) is 1. The number of rotatable bonds is 9. The second-order valence-corrected chi connectivity index (χ2v) is 12.5. The number of fused-ring (bicyclic) bond motifs is 1. The Bertz CT molecular complexity index is 1500. The first-order chi connectivity index (χ1) is 19.9. The van der Waals surface area contributed by atoms with Crippen LogP contribution in [-0.2, 0) is 14.3 Å². The zero-order valence-electron chi connectivity index (χ0n) is 25.3. The Morgan fingerprint density at radius 3 is 2.29 bits per heavy atom. The molecule has 3 amide bonds. The maximum atomic E-state index is 14.5. The third-order valence-corrected chi connectivity index (χ3v) is 7.33. The number of hydrogen-bond donors (Lipinski definition) is 2. The Labute approximate surface area is 249 Å². The number of alkyl carbamates (subject to hydrolysis) is 1. The number of terminal acetylenes is 1. The molecule has 0 spiro atoms. The van der Waals surface area contributed by atoms with Crippen LogP contribution < -0.4 is 10.6 Å². The van der Waals surface area contributed by atoms with Gasteiger partial charge in [-0.25, -0.2) is 4.79 Å². The van der Waals surface area contributed by atoms with E-state index in [-0.39, 0.29) is 29.7 Å². The van der Waals surface area contributed by atoms with Crippen molar-refractivity contribution in [1.29, 1.82) is 0 Å². The molecule has 0 aromatic heterocycles. The van der Waals surface area contributed by atoms with E-state index in [1.807, 2.05) is 68.4 Å². The molecule has 3 aromatic rings. The average molecular weight is 568 g/mol. The minimum atomic E-state index is -1.01. The number of carbonyl (C=O) groups excluding carboxylic acids is 3. The molecule has 4 atom stereocenters. The highest BCUT2D eigenvalue weighted by molar-refractivity contribution is 6.01. The summed E-state index contributed by atoms with van der Waals surface area (Å²) < 4.78 is 5.49. The average Bonchev–Trinajstić information content (AvgIpc) is 3.65. The Morgan fingerprint density at radius 1 is 1.02 bits per heavy atom. The zero-order valence-corrected chi connectivity index (χ0v) is 25.3. The topological polar surface area (TPSA) is 87.7 Å². The summed E-state index contributed by atoms with van der Waals surface area (Å²) >= 11 is 0. The predicted octanol–water partition coefficient (Wildman–Crippen LogP) is 6.68. The standard InChI is InChI=1S/C35H41N3O4/c1-8-24-13-11-12-16-28(24)31(32(39)36-27-18-17-25-14-9-10-15-26(25)21-27)38(30-20-23(30)4)33(40)29(19-22(2)3)37-34(41)42-35(5,6)7/h1,9-18,21-23,29-31H,19-20H2,2-7H3,(H,36,39)(H,37,41). The third kappa shape index (κ3) is 7.50. The molecule has 0 saturated heterocycles. The van der Waals surface area contributed by atoms with Crippen molar-refractivity contribution in [2.24, 2.45) is 11.8 Å². The molecule has 2 N–H and O–H groups in total. The van der Waals surface area contributed by atoms with Crippen LogP contribution in [0.2, 0.25) is 0 Å². The van der Waals surface area contributed by atoms with Crippen molar-refractivity contribution >= 4 is 34.4 Å². The summed E-state index contributed by atoms with van der Waals surface area (Å²) in [6.07, 6.45) is 6.34. The van der Waals surface area contributed by atoms with Crippen molar-refractivity contribution in [2.75, 3.05) is 5.32 Å². The van der Waals surface area contributed by atoms with Gasteiger partial charge in [-0.3, -0.25) is 9.59 Å². The maximum Gasteiger partial charge on any atom is 0.408 e. The van der Waals surface area contributed by atoms with Crippen LogP contribution in [0.25, 0.3) is 10.8 Å². The Morgan fingerprint density at radius 2 is 1.67 bits per heavy atom. The maximum absolute atomic E-state index is 14.5. The number of carbonyl (C=O) groups is 3. The summed E-state index contributed by atoms with van der Waals surface area (Å²) in [6, 6.07) is 18.7. The van der Waals surface area contributed by atoms with Gasteiger partial charge in [-0.2, -0.15) is 0 Å². The van der Waals surface area contributed by atoms with Crippen molar-refractivity contribution in [3.05, 3.63) is 77.9 Å². The third-order valence-electron chi connectivity index (χ3n) is 7.33. The molecule has 1 aliphatic rings. The summed E-state index contributed by atoms with van der Waals surface area (Å²) in [7, 11) is 0. The van der Waals surface area contributed by atoms with Gasteiger partial charge in [-0.1, -0.05) is 75.2 Å². The minimum absolute atomic E-state index is 0.0928. The Hall–Kier alpha value is -4.31. The van der Waals surface area contributed by atoms with Crippen molar-refractivity contribution in [1.82, 2.24) is 10.2 Å². The number of nitrogens with one attached hydrogen (secondary N) is 2. The van der Waals surface area contributed by atoms with Crippen LogP contribution in [-0.4, -0.2) is 40.5 Å². The lowest BCUT2D eigenvalue weighted by atomic mass is 9.95. The van der Waals surface area contributed by atoms with E-state index in [9.17, 15) is 14.4 Å². The van der Waals surface area contributed by atoms with E-state index in [1.165, 1.54) is 0 Å². The van der Waals surface area contributed by atoms with E-state index in [0.29, 0.717) is 23.2 Å². The van der Waals surface area contributed by atoms with Gasteiger partial charge in [0.25, 0.3) is 5.91 Å². The Kier molecular flexibility index (Phi) is 9.26. The lowest BCUT2D eigenvalue weighted by Crippen LogP contribution is -2.53. The van der Waals surface area contributed by atoms with Crippen molar-refractivity contribution < 1.29 is 19.1 Å². The molecular formula is C35H41N3O4. The first-order valence-electron chi connectivity index (χ1n) is 14.5. The monoisotopic (exact) mass is 567 g/mol. The highest BCUT2D eigenvalue weighted by Crippen LogP contribution is 2.42. The first kappa shape index (κ1) is 30.6. The summed E-state index contributed by atoms with van der Waals surface area (Å²) in [5.41, 5.74) is 0.978. The molecule has 0 radical (unpaired) electrons. The van der Waals surface area contributed by atoms with E-state index in [2.05, 4.69) is 23.5 Å². The molecule has 1 fully saturated rings. The molecule has 0 heterocycles. The van der Waals surface area contributed by atoms with Gasteiger partial charge in [0.05, 0.1) is 0 Å². The molecule has 4 rings (SSSR count). The van der Waals surface area contributed by atoms with Gasteiger partial charge in [0.1, 0.15) is 17.7 Å². The molecule has 0 bridgehead atoms. The summed E-state index contributed by atoms with van der Waals surface area (Å²) in [5.74, 6) is 2.26. The fourth-order valence-electron chi connectivity index (χ4n) is 5.26. The summed E-state index contributed by atoms with van der Waals surface area (Å²) in [5, 5.41) is 7.90. The van der Waals surface area contributed by atoms with Crippen LogP contribution in [0, 0.1) is 24.2 Å². The number of hydrogen-bond acceptors (Lipinski definition) is 4. The van der Waals surface area contributed by atoms with Crippen LogP contribution in [0.3, 0.4) is 0 Å². The lowest BCUT2D eigenvalue weighted by molar-refractivity contribution is -0.142. The van der Waals surface area contributed by atoms with Crippen molar-refractivity contribution in [3.63, 3.8) is 0 Å². The van der Waals surface area contributed by atoms with E-state index >= 15 is 0 Å². The fraction of sp³-hybridized carbons (Fsp3) is 0.400. The summed E-state index contributed by atoms with van der Waals surface area (Å²) in [4.78, 5) is 43.2. The van der Waals surface area contributed by atoms with E-state index in [4.69, 9.17) is 11.2 Å². The number of amides is 3. The van der Waals surface area contributed by atoms with Crippen molar-refractivity contribution in [2.45, 2.75) is 78.1 Å². The molecule has 7 nitrogen and oxygen atoms in total. The van der Waals surface area contributed by atoms with Gasteiger partial charge >= 0.3 is 6.09 Å². The zero-order chi connectivity index (χ0) is 30.6. The van der Waals surface area contributed by atoms with Crippen LogP contribution in [0.5, 0.6) is 0 Å². The molecule has 42 heavy (non-hydrogen) atoms. The molecule has 0 aliphatic heterocycles. The number of anilines is 1. The quantitative estimate of drug-likeness (QED) is 0.283. The molecule has 1 aliphatic carbocycles. The first-order valence-corrected chi connectivity index (χ1v) is 14.5. The molecule has 4 unspecified atom stereocenters. The van der Waals surface area contributed by atoms with E-state index in [1.54, 1.807) is 37.8 Å². The van der Waals surface area contributed by atoms with Gasteiger partial charge in [-0.15, -0.1) is 6.42 Å². The molecule has 7 heteroatoms. The normalized spacial score (nSPS) is 17.6. The van der Waals surface area contributed by atoms with Crippen LogP contribution in [0.15, 0.2) is 66.7 Å². The molecule has 220 valence electrons. The highest BCUT2D eigenvalue weighted by Gasteiger charge is 2.48. The second kappa shape index (κ2) is 12.7. The molecule has 1 saturated carbocycles.